The highest BCUT2D eigenvalue weighted by Crippen LogP contribution is 2.25. The second kappa shape index (κ2) is 8.82. The van der Waals surface area contributed by atoms with Gasteiger partial charge in [0.2, 0.25) is 0 Å². The first-order valence-electron chi connectivity index (χ1n) is 9.86. The first kappa shape index (κ1) is 20.9. The molecule has 154 valence electrons. The van der Waals surface area contributed by atoms with Crippen molar-refractivity contribution in [3.8, 4) is 6.07 Å². The summed E-state index contributed by atoms with van der Waals surface area (Å²) in [4.78, 5) is 12.8. The number of carbonyl (C=O) groups excluding carboxylic acids is 1. The topological polar surface area (TPSA) is 62.8 Å². The smallest absolute Gasteiger partial charge is 0.280 e. The summed E-state index contributed by atoms with van der Waals surface area (Å²) in [5, 5.41) is 10.7. The molecule has 0 aliphatic rings. The fourth-order valence-electron chi connectivity index (χ4n) is 3.62. The van der Waals surface area contributed by atoms with Gasteiger partial charge in [0.1, 0.15) is 11.6 Å². The minimum absolute atomic E-state index is 0.0599. The number of nitrogens with zero attached hydrogens (tertiary/aromatic N) is 3. The molecule has 1 N–H and O–H groups in total. The van der Waals surface area contributed by atoms with Crippen LogP contribution in [0.4, 0.5) is 0 Å². The van der Waals surface area contributed by atoms with Crippen molar-refractivity contribution in [1.82, 2.24) is 9.24 Å². The molecule has 0 aliphatic carbocycles. The van der Waals surface area contributed by atoms with Crippen LogP contribution >= 0.6 is 22.6 Å². The Labute approximate surface area is 194 Å². The third kappa shape index (κ3) is 4.42. The molecular formula is C25H21IN4O. The number of aromatic nitrogens is 2. The van der Waals surface area contributed by atoms with E-state index in [4.69, 9.17) is 0 Å². The van der Waals surface area contributed by atoms with Gasteiger partial charge in [-0.2, -0.15) is 5.26 Å². The number of rotatable bonds is 5. The molecule has 2 aromatic carbocycles. The maximum absolute atomic E-state index is 12.8. The monoisotopic (exact) mass is 520 g/mol. The maximum atomic E-state index is 12.8. The van der Waals surface area contributed by atoms with E-state index in [9.17, 15) is 10.1 Å². The summed E-state index contributed by atoms with van der Waals surface area (Å²) in [6.07, 6.45) is 3.66. The van der Waals surface area contributed by atoms with Crippen LogP contribution in [0.25, 0.3) is 17.0 Å². The normalized spacial score (nSPS) is 11.5. The van der Waals surface area contributed by atoms with Crippen LogP contribution in [0.5, 0.6) is 0 Å². The van der Waals surface area contributed by atoms with Crippen LogP contribution in [0.3, 0.4) is 0 Å². The maximum Gasteiger partial charge on any atom is 0.280 e. The Morgan fingerprint density at radius 1 is 1.06 bits per heavy atom. The van der Waals surface area contributed by atoms with Crippen LogP contribution in [0.2, 0.25) is 0 Å². The number of carbonyl (C=O) groups is 1. The summed E-state index contributed by atoms with van der Waals surface area (Å²) in [7, 11) is 0. The van der Waals surface area contributed by atoms with Gasteiger partial charge in [-0.3, -0.25) is 14.9 Å². The van der Waals surface area contributed by atoms with E-state index in [0.717, 1.165) is 27.9 Å². The molecule has 2 aromatic heterocycles. The van der Waals surface area contributed by atoms with Crippen LogP contribution in [-0.4, -0.2) is 15.2 Å². The molecule has 0 fully saturated rings. The van der Waals surface area contributed by atoms with E-state index >= 15 is 0 Å². The van der Waals surface area contributed by atoms with Gasteiger partial charge in [0.05, 0.1) is 0 Å². The fraction of sp³-hybridized carbons (Fsp3) is 0.120. The molecule has 0 unspecified atom stereocenters. The number of hydrogen-bond donors (Lipinski definition) is 1. The summed E-state index contributed by atoms with van der Waals surface area (Å²) in [6, 6.07) is 22.3. The number of aryl methyl sites for hydroxylation is 2. The second-order valence-corrected chi connectivity index (χ2v) is 8.66. The summed E-state index contributed by atoms with van der Waals surface area (Å²) < 4.78 is 5.03. The van der Waals surface area contributed by atoms with Gasteiger partial charge in [-0.15, -0.1) is 0 Å². The molecule has 0 spiro atoms. The molecule has 5 nitrogen and oxygen atoms in total. The van der Waals surface area contributed by atoms with Crippen molar-refractivity contribution in [1.29, 1.82) is 5.26 Å². The minimum Gasteiger partial charge on any atom is -0.342 e. The van der Waals surface area contributed by atoms with Crippen molar-refractivity contribution in [2.75, 3.05) is 5.43 Å². The van der Waals surface area contributed by atoms with Gasteiger partial charge in [-0.25, -0.2) is 0 Å². The van der Waals surface area contributed by atoms with E-state index in [1.165, 1.54) is 9.13 Å². The zero-order valence-corrected chi connectivity index (χ0v) is 19.4. The Kier molecular flexibility index (Phi) is 5.96. The molecule has 4 rings (SSSR count). The molecule has 4 aromatic rings. The van der Waals surface area contributed by atoms with Crippen LogP contribution in [0.1, 0.15) is 22.5 Å². The van der Waals surface area contributed by atoms with Gasteiger partial charge in [0.15, 0.2) is 0 Å². The molecule has 31 heavy (non-hydrogen) atoms. The number of para-hydroxylation sites is 1. The summed E-state index contributed by atoms with van der Waals surface area (Å²) in [5.74, 6) is -0.431. The van der Waals surface area contributed by atoms with Crippen molar-refractivity contribution in [2.45, 2.75) is 20.4 Å². The largest absolute Gasteiger partial charge is 0.342 e. The molecule has 1 amide bonds. The fourth-order valence-corrected chi connectivity index (χ4v) is 3.98. The predicted molar refractivity (Wildman–Crippen MR) is 132 cm³/mol. The first-order valence-corrected chi connectivity index (χ1v) is 10.9. The SMILES string of the molecule is Cc1ccc(C)n1NC(=O)/C(C#N)=C/c1cn(Cc2ccc(I)cc2)c2ccccc12. The Morgan fingerprint density at radius 3 is 2.42 bits per heavy atom. The van der Waals surface area contributed by atoms with Gasteiger partial charge in [-0.05, 0) is 78.4 Å². The van der Waals surface area contributed by atoms with E-state index in [2.05, 4.69) is 69.0 Å². The molecule has 0 aliphatic heterocycles. The molecule has 0 saturated carbocycles. The van der Waals surface area contributed by atoms with E-state index in [1.54, 1.807) is 10.8 Å². The zero-order valence-electron chi connectivity index (χ0n) is 17.3. The molecule has 0 radical (unpaired) electrons. The summed E-state index contributed by atoms with van der Waals surface area (Å²) in [5.41, 5.74) is 7.76. The average Bonchev–Trinajstić information content (AvgIpc) is 3.28. The average molecular weight is 520 g/mol. The number of amides is 1. The van der Waals surface area contributed by atoms with Gasteiger partial charge >= 0.3 is 0 Å². The Bertz CT molecular complexity index is 1320. The second-order valence-electron chi connectivity index (χ2n) is 7.42. The molecule has 0 atom stereocenters. The standard InChI is InChI=1S/C25H21IN4O/c1-17-7-8-18(2)30(17)28-25(31)20(14-27)13-21-16-29(24-6-4-3-5-23(21)24)15-19-9-11-22(26)12-10-19/h3-13,16H,15H2,1-2H3,(H,28,31)/b20-13+. The lowest BCUT2D eigenvalue weighted by atomic mass is 10.1. The Balaban J connectivity index is 1.69. The van der Waals surface area contributed by atoms with Gasteiger partial charge < -0.3 is 4.57 Å². The third-order valence-electron chi connectivity index (χ3n) is 5.23. The van der Waals surface area contributed by atoms with E-state index in [1.807, 2.05) is 50.4 Å². The van der Waals surface area contributed by atoms with Gasteiger partial charge in [0.25, 0.3) is 5.91 Å². The van der Waals surface area contributed by atoms with Crippen molar-refractivity contribution in [3.63, 3.8) is 0 Å². The predicted octanol–water partition coefficient (Wildman–Crippen LogP) is 5.39. The van der Waals surface area contributed by atoms with Crippen LogP contribution in [-0.2, 0) is 11.3 Å². The lowest BCUT2D eigenvalue weighted by Crippen LogP contribution is -2.25. The number of halogens is 1. The van der Waals surface area contributed by atoms with Crippen molar-refractivity contribution >= 4 is 45.5 Å². The van der Waals surface area contributed by atoms with Crippen LogP contribution in [0.15, 0.2) is 72.4 Å². The lowest BCUT2D eigenvalue weighted by Gasteiger charge is -2.10. The van der Waals surface area contributed by atoms with Crippen LogP contribution in [0, 0.1) is 28.7 Å². The Hall–Kier alpha value is -3.31. The summed E-state index contributed by atoms with van der Waals surface area (Å²) >= 11 is 2.30. The molecule has 2 heterocycles. The summed E-state index contributed by atoms with van der Waals surface area (Å²) in [6.45, 7) is 4.52. The molecule has 0 bridgehead atoms. The first-order chi connectivity index (χ1) is 15.0. The van der Waals surface area contributed by atoms with Crippen molar-refractivity contribution in [3.05, 3.63) is 98.5 Å². The lowest BCUT2D eigenvalue weighted by molar-refractivity contribution is -0.113. The molecule has 6 heteroatoms. The van der Waals surface area contributed by atoms with E-state index < -0.39 is 5.91 Å². The van der Waals surface area contributed by atoms with Gasteiger partial charge in [0, 0.05) is 44.2 Å². The highest BCUT2D eigenvalue weighted by atomic mass is 127. The van der Waals surface area contributed by atoms with Gasteiger partial charge in [-0.1, -0.05) is 30.3 Å². The number of fused-ring (bicyclic) bond motifs is 1. The number of nitrogens with one attached hydrogen (secondary N) is 1. The molecular weight excluding hydrogens is 499 g/mol. The minimum atomic E-state index is -0.431. The van der Waals surface area contributed by atoms with Crippen molar-refractivity contribution < 1.29 is 4.79 Å². The number of benzene rings is 2. The Morgan fingerprint density at radius 2 is 1.74 bits per heavy atom. The molecule has 0 saturated heterocycles. The van der Waals surface area contributed by atoms with E-state index in [-0.39, 0.29) is 5.57 Å². The highest BCUT2D eigenvalue weighted by Gasteiger charge is 2.14. The third-order valence-corrected chi connectivity index (χ3v) is 5.95. The quantitative estimate of drug-likeness (QED) is 0.218. The number of hydrogen-bond acceptors (Lipinski definition) is 2. The van der Waals surface area contributed by atoms with Crippen LogP contribution < -0.4 is 5.43 Å². The van der Waals surface area contributed by atoms with E-state index in [0.29, 0.717) is 6.54 Å². The number of nitriles is 1. The zero-order chi connectivity index (χ0) is 22.0. The van der Waals surface area contributed by atoms with Crippen molar-refractivity contribution in [2.24, 2.45) is 0 Å². The highest BCUT2D eigenvalue weighted by molar-refractivity contribution is 14.1.